The van der Waals surface area contributed by atoms with Crippen LogP contribution in [0.1, 0.15) is 38.9 Å². The van der Waals surface area contributed by atoms with Gasteiger partial charge in [-0.3, -0.25) is 4.79 Å². The maximum absolute atomic E-state index is 11.8. The van der Waals surface area contributed by atoms with E-state index < -0.39 is 18.5 Å². The number of aromatic nitrogens is 1. The van der Waals surface area contributed by atoms with Gasteiger partial charge in [-0.25, -0.2) is 9.78 Å². The number of esters is 1. The summed E-state index contributed by atoms with van der Waals surface area (Å²) in [5, 5.41) is 0.301. The van der Waals surface area contributed by atoms with Gasteiger partial charge in [-0.2, -0.15) is 0 Å². The lowest BCUT2D eigenvalue weighted by Crippen LogP contribution is -2.20. The van der Waals surface area contributed by atoms with E-state index in [1.165, 1.54) is 17.3 Å². The van der Waals surface area contributed by atoms with Crippen LogP contribution in [0.4, 0.5) is 0 Å². The SMILES string of the molecule is Cc1ccccc1C1CCc2cc(Oc3ncc(C(=O)OCC(N)=O)s3)ccc2O1. The summed E-state index contributed by atoms with van der Waals surface area (Å²) < 4.78 is 16.8. The molecule has 0 aliphatic carbocycles. The van der Waals surface area contributed by atoms with Crippen LogP contribution in [-0.4, -0.2) is 23.5 Å². The molecule has 8 heteroatoms. The van der Waals surface area contributed by atoms with E-state index in [0.717, 1.165) is 35.5 Å². The molecule has 7 nitrogen and oxygen atoms in total. The highest BCUT2D eigenvalue weighted by atomic mass is 32.1. The van der Waals surface area contributed by atoms with Crippen LogP contribution in [-0.2, 0) is 16.0 Å². The predicted molar refractivity (Wildman–Crippen MR) is 111 cm³/mol. The molecular formula is C22H20N2O5S. The van der Waals surface area contributed by atoms with Crippen LogP contribution in [0, 0.1) is 6.92 Å². The van der Waals surface area contributed by atoms with Crippen molar-refractivity contribution in [3.8, 4) is 16.7 Å². The minimum absolute atomic E-state index is 0.0402. The predicted octanol–water partition coefficient (Wildman–Crippen LogP) is 3.95. The van der Waals surface area contributed by atoms with Crippen molar-refractivity contribution in [1.29, 1.82) is 0 Å². The second-order valence-corrected chi connectivity index (χ2v) is 7.90. The van der Waals surface area contributed by atoms with Crippen molar-refractivity contribution in [2.75, 3.05) is 6.61 Å². The van der Waals surface area contributed by atoms with Gasteiger partial charge >= 0.3 is 5.97 Å². The molecule has 30 heavy (non-hydrogen) atoms. The normalized spacial score (nSPS) is 15.0. The van der Waals surface area contributed by atoms with Crippen LogP contribution in [0.25, 0.3) is 0 Å². The number of primary amides is 1. The van der Waals surface area contributed by atoms with Crippen molar-refractivity contribution in [2.24, 2.45) is 5.73 Å². The van der Waals surface area contributed by atoms with Crippen molar-refractivity contribution < 1.29 is 23.8 Å². The van der Waals surface area contributed by atoms with E-state index in [0.29, 0.717) is 10.9 Å². The molecule has 0 bridgehead atoms. The van der Waals surface area contributed by atoms with E-state index >= 15 is 0 Å². The third kappa shape index (κ3) is 4.44. The van der Waals surface area contributed by atoms with Gasteiger partial charge in [0.1, 0.15) is 22.5 Å². The minimum Gasteiger partial charge on any atom is -0.485 e. The van der Waals surface area contributed by atoms with E-state index in [1.807, 2.05) is 30.3 Å². The first-order valence-electron chi connectivity index (χ1n) is 9.44. The summed E-state index contributed by atoms with van der Waals surface area (Å²) in [7, 11) is 0. The summed E-state index contributed by atoms with van der Waals surface area (Å²) >= 11 is 1.03. The summed E-state index contributed by atoms with van der Waals surface area (Å²) in [5.74, 6) is 0.0716. The molecule has 0 saturated carbocycles. The molecule has 1 amide bonds. The number of nitrogens with zero attached hydrogens (tertiary/aromatic N) is 1. The average Bonchev–Trinajstić information content (AvgIpc) is 3.20. The van der Waals surface area contributed by atoms with Gasteiger partial charge in [0.25, 0.3) is 11.1 Å². The van der Waals surface area contributed by atoms with Gasteiger partial charge in [-0.05, 0) is 54.7 Å². The monoisotopic (exact) mass is 424 g/mol. The van der Waals surface area contributed by atoms with Gasteiger partial charge in [-0.1, -0.05) is 35.6 Å². The summed E-state index contributed by atoms with van der Waals surface area (Å²) in [6.45, 7) is 1.62. The Hall–Kier alpha value is -3.39. The van der Waals surface area contributed by atoms with E-state index in [-0.39, 0.29) is 11.0 Å². The molecule has 1 aliphatic heterocycles. The molecule has 4 rings (SSSR count). The van der Waals surface area contributed by atoms with Gasteiger partial charge in [0.15, 0.2) is 6.61 Å². The molecule has 2 aromatic carbocycles. The molecule has 154 valence electrons. The fourth-order valence-electron chi connectivity index (χ4n) is 3.30. The quantitative estimate of drug-likeness (QED) is 0.601. The fraction of sp³-hybridized carbons (Fsp3) is 0.227. The number of fused-ring (bicyclic) bond motifs is 1. The Morgan fingerprint density at radius 3 is 2.90 bits per heavy atom. The Labute approximate surface area is 177 Å². The number of amides is 1. The molecule has 2 heterocycles. The van der Waals surface area contributed by atoms with E-state index in [9.17, 15) is 9.59 Å². The molecule has 0 fully saturated rings. The third-order valence-electron chi connectivity index (χ3n) is 4.75. The Morgan fingerprint density at radius 1 is 1.27 bits per heavy atom. The molecule has 3 aromatic rings. The van der Waals surface area contributed by atoms with E-state index in [1.54, 1.807) is 0 Å². The zero-order chi connectivity index (χ0) is 21.1. The van der Waals surface area contributed by atoms with Gasteiger partial charge in [0.05, 0.1) is 6.20 Å². The van der Waals surface area contributed by atoms with Gasteiger partial charge in [0, 0.05) is 0 Å². The van der Waals surface area contributed by atoms with Crippen LogP contribution in [0.15, 0.2) is 48.7 Å². The van der Waals surface area contributed by atoms with Gasteiger partial charge < -0.3 is 19.9 Å². The maximum atomic E-state index is 11.8. The van der Waals surface area contributed by atoms with Crippen LogP contribution in [0.3, 0.4) is 0 Å². The standard InChI is InChI=1S/C22H20N2O5S/c1-13-4-2-3-5-16(13)18-8-6-14-10-15(7-9-17(14)29-18)28-22-24-11-19(30-22)21(26)27-12-20(23)25/h2-5,7,9-11,18H,6,8,12H2,1H3,(H2,23,25). The van der Waals surface area contributed by atoms with E-state index in [2.05, 4.69) is 24.0 Å². The lowest BCUT2D eigenvalue weighted by molar-refractivity contribution is -0.121. The highest BCUT2D eigenvalue weighted by molar-refractivity contribution is 7.15. The first-order valence-corrected chi connectivity index (χ1v) is 10.3. The summed E-state index contributed by atoms with van der Waals surface area (Å²) in [6.07, 6.45) is 3.14. The number of hydrogen-bond donors (Lipinski definition) is 1. The lowest BCUT2D eigenvalue weighted by atomic mass is 9.95. The number of hydrogen-bond acceptors (Lipinski definition) is 7. The highest BCUT2D eigenvalue weighted by Crippen LogP contribution is 2.38. The first-order chi connectivity index (χ1) is 14.5. The van der Waals surface area contributed by atoms with Crippen LogP contribution < -0.4 is 15.2 Å². The van der Waals surface area contributed by atoms with Crippen LogP contribution in [0.5, 0.6) is 16.7 Å². The molecule has 1 atom stereocenters. The molecule has 0 saturated heterocycles. The number of carbonyl (C=O) groups excluding carboxylic acids is 2. The van der Waals surface area contributed by atoms with Crippen molar-refractivity contribution in [2.45, 2.75) is 25.9 Å². The zero-order valence-electron chi connectivity index (χ0n) is 16.3. The molecule has 1 unspecified atom stereocenters. The topological polar surface area (TPSA) is 101 Å². The van der Waals surface area contributed by atoms with Crippen molar-refractivity contribution in [1.82, 2.24) is 4.98 Å². The highest BCUT2D eigenvalue weighted by Gasteiger charge is 2.23. The summed E-state index contributed by atoms with van der Waals surface area (Å²) in [6, 6.07) is 13.9. The minimum atomic E-state index is -0.717. The zero-order valence-corrected chi connectivity index (χ0v) is 17.1. The second-order valence-electron chi connectivity index (χ2n) is 6.91. The van der Waals surface area contributed by atoms with E-state index in [4.69, 9.17) is 19.9 Å². The number of nitrogens with two attached hydrogens (primary N) is 1. The Kier molecular flexibility index (Phi) is 5.67. The molecule has 0 radical (unpaired) electrons. The van der Waals surface area contributed by atoms with Crippen molar-refractivity contribution in [3.63, 3.8) is 0 Å². The largest absolute Gasteiger partial charge is 0.485 e. The van der Waals surface area contributed by atoms with Crippen molar-refractivity contribution >= 4 is 23.2 Å². The Morgan fingerprint density at radius 2 is 2.10 bits per heavy atom. The number of thiazole rings is 1. The Balaban J connectivity index is 1.43. The molecule has 1 aromatic heterocycles. The lowest BCUT2D eigenvalue weighted by Gasteiger charge is -2.27. The first kappa shape index (κ1) is 19.9. The maximum Gasteiger partial charge on any atom is 0.350 e. The molecule has 0 spiro atoms. The van der Waals surface area contributed by atoms with Crippen LogP contribution >= 0.6 is 11.3 Å². The average molecular weight is 424 g/mol. The number of ether oxygens (including phenoxy) is 3. The smallest absolute Gasteiger partial charge is 0.350 e. The van der Waals surface area contributed by atoms with Gasteiger partial charge in [0.2, 0.25) is 0 Å². The Bertz CT molecular complexity index is 1090. The molecule has 1 aliphatic rings. The van der Waals surface area contributed by atoms with Crippen LogP contribution in [0.2, 0.25) is 0 Å². The fourth-order valence-corrected chi connectivity index (χ4v) is 3.98. The summed E-state index contributed by atoms with van der Waals surface area (Å²) in [4.78, 5) is 26.9. The second kappa shape index (κ2) is 8.54. The molecule has 2 N–H and O–H groups in total. The number of rotatable bonds is 6. The van der Waals surface area contributed by atoms with Crippen molar-refractivity contribution in [3.05, 3.63) is 70.2 Å². The van der Waals surface area contributed by atoms with Gasteiger partial charge in [-0.15, -0.1) is 0 Å². The molecular weight excluding hydrogens is 404 g/mol. The number of carbonyl (C=O) groups is 2. The third-order valence-corrected chi connectivity index (χ3v) is 5.60. The number of aryl methyl sites for hydroxylation is 2. The summed E-state index contributed by atoms with van der Waals surface area (Å²) in [5.41, 5.74) is 8.46. The number of benzene rings is 2.